The van der Waals surface area contributed by atoms with E-state index in [0.717, 1.165) is 32.4 Å². The molecule has 0 bridgehead atoms. The summed E-state index contributed by atoms with van der Waals surface area (Å²) in [6, 6.07) is 4.26. The number of hydrogen-bond donors (Lipinski definition) is 3. The van der Waals surface area contributed by atoms with Crippen molar-refractivity contribution < 1.29 is 9.59 Å². The fraction of sp³-hybridized carbons (Fsp3) is 0.600. The van der Waals surface area contributed by atoms with Crippen molar-refractivity contribution >= 4 is 11.8 Å². The van der Waals surface area contributed by atoms with Crippen molar-refractivity contribution in [2.75, 3.05) is 19.6 Å². The second-order valence-electron chi connectivity index (χ2n) is 5.80. The van der Waals surface area contributed by atoms with Gasteiger partial charge in [-0.25, -0.2) is 0 Å². The molecule has 3 rings (SSSR count). The molecule has 0 aliphatic carbocycles. The van der Waals surface area contributed by atoms with E-state index in [2.05, 4.69) is 20.5 Å². The summed E-state index contributed by atoms with van der Waals surface area (Å²) in [7, 11) is 0. The van der Waals surface area contributed by atoms with Crippen LogP contribution in [0.4, 0.5) is 0 Å². The average Bonchev–Trinajstić information content (AvgIpc) is 3.14. The minimum atomic E-state index is -0.0559. The van der Waals surface area contributed by atoms with E-state index in [4.69, 9.17) is 0 Å². The first-order chi connectivity index (χ1) is 10.2. The van der Waals surface area contributed by atoms with E-state index in [1.54, 1.807) is 0 Å². The number of amides is 2. The fourth-order valence-corrected chi connectivity index (χ4v) is 3.13. The molecule has 0 saturated carbocycles. The molecule has 2 saturated heterocycles. The summed E-state index contributed by atoms with van der Waals surface area (Å²) in [5, 5.41) is 9.14. The van der Waals surface area contributed by atoms with Crippen LogP contribution in [0.15, 0.2) is 18.3 Å². The van der Waals surface area contributed by atoms with Gasteiger partial charge in [0.2, 0.25) is 5.91 Å². The summed E-state index contributed by atoms with van der Waals surface area (Å²) in [6.45, 7) is 2.50. The van der Waals surface area contributed by atoms with Crippen molar-refractivity contribution in [2.24, 2.45) is 0 Å². The molecule has 6 nitrogen and oxygen atoms in total. The number of hydrogen-bond acceptors (Lipinski definition) is 3. The fourth-order valence-electron chi connectivity index (χ4n) is 3.13. The van der Waals surface area contributed by atoms with E-state index in [1.165, 1.54) is 0 Å². The molecule has 2 aliphatic rings. The van der Waals surface area contributed by atoms with Crippen LogP contribution in [0.3, 0.4) is 0 Å². The summed E-state index contributed by atoms with van der Waals surface area (Å²) in [6.07, 6.45) is 5.45. The SMILES string of the molecule is O=C1CCC(CNC(=O)c2cccn2C2CCNCC2)N1. The number of carbonyl (C=O) groups is 2. The Morgan fingerprint density at radius 3 is 2.86 bits per heavy atom. The molecular weight excluding hydrogens is 268 g/mol. The molecule has 0 radical (unpaired) electrons. The maximum absolute atomic E-state index is 12.3. The van der Waals surface area contributed by atoms with Crippen molar-refractivity contribution in [2.45, 2.75) is 37.8 Å². The highest BCUT2D eigenvalue weighted by atomic mass is 16.2. The predicted molar refractivity (Wildman–Crippen MR) is 79.1 cm³/mol. The van der Waals surface area contributed by atoms with Gasteiger partial charge in [-0.15, -0.1) is 0 Å². The molecule has 3 heterocycles. The number of carbonyl (C=O) groups excluding carboxylic acids is 2. The first-order valence-electron chi connectivity index (χ1n) is 7.69. The van der Waals surface area contributed by atoms with Crippen LogP contribution < -0.4 is 16.0 Å². The Morgan fingerprint density at radius 2 is 2.14 bits per heavy atom. The van der Waals surface area contributed by atoms with Gasteiger partial charge in [-0.2, -0.15) is 0 Å². The quantitative estimate of drug-likeness (QED) is 0.752. The maximum Gasteiger partial charge on any atom is 0.267 e. The van der Waals surface area contributed by atoms with Crippen molar-refractivity contribution in [1.29, 1.82) is 0 Å². The average molecular weight is 290 g/mol. The Balaban J connectivity index is 1.59. The zero-order chi connectivity index (χ0) is 14.7. The Kier molecular flexibility index (Phi) is 4.24. The van der Waals surface area contributed by atoms with Crippen molar-refractivity contribution in [3.63, 3.8) is 0 Å². The second-order valence-corrected chi connectivity index (χ2v) is 5.80. The van der Waals surface area contributed by atoms with Gasteiger partial charge in [-0.1, -0.05) is 0 Å². The van der Waals surface area contributed by atoms with Crippen LogP contribution in [0.1, 0.15) is 42.2 Å². The summed E-state index contributed by atoms with van der Waals surface area (Å²) in [4.78, 5) is 23.5. The van der Waals surface area contributed by atoms with E-state index in [1.807, 2.05) is 18.3 Å². The molecule has 1 aromatic rings. The van der Waals surface area contributed by atoms with Gasteiger partial charge >= 0.3 is 0 Å². The lowest BCUT2D eigenvalue weighted by Crippen LogP contribution is -2.39. The standard InChI is InChI=1S/C15H22N4O2/c20-14-4-3-11(18-14)10-17-15(21)13-2-1-9-19(13)12-5-7-16-8-6-12/h1-2,9,11-12,16H,3-8,10H2,(H,17,21)(H,18,20). The highest BCUT2D eigenvalue weighted by molar-refractivity contribution is 5.92. The lowest BCUT2D eigenvalue weighted by molar-refractivity contribution is -0.119. The highest BCUT2D eigenvalue weighted by Gasteiger charge is 2.23. The third kappa shape index (κ3) is 3.26. The van der Waals surface area contributed by atoms with Crippen molar-refractivity contribution in [1.82, 2.24) is 20.5 Å². The normalized spacial score (nSPS) is 23.0. The Morgan fingerprint density at radius 1 is 1.33 bits per heavy atom. The first kappa shape index (κ1) is 14.1. The van der Waals surface area contributed by atoms with E-state index in [-0.39, 0.29) is 17.9 Å². The summed E-state index contributed by atoms with van der Waals surface area (Å²) in [5.41, 5.74) is 0.714. The molecule has 2 fully saturated rings. The van der Waals surface area contributed by atoms with E-state index in [0.29, 0.717) is 24.7 Å². The lowest BCUT2D eigenvalue weighted by Gasteiger charge is -2.26. The van der Waals surface area contributed by atoms with Gasteiger partial charge in [-0.3, -0.25) is 9.59 Å². The molecule has 114 valence electrons. The number of nitrogens with one attached hydrogen (secondary N) is 3. The van der Waals surface area contributed by atoms with Gasteiger partial charge in [0.1, 0.15) is 5.69 Å². The van der Waals surface area contributed by atoms with Crippen molar-refractivity contribution in [3.05, 3.63) is 24.0 Å². The monoisotopic (exact) mass is 290 g/mol. The van der Waals surface area contributed by atoms with Crippen LogP contribution in [0, 0.1) is 0 Å². The van der Waals surface area contributed by atoms with Gasteiger partial charge < -0.3 is 20.5 Å². The minimum Gasteiger partial charge on any atom is -0.352 e. The number of rotatable bonds is 4. The summed E-state index contributed by atoms with van der Waals surface area (Å²) >= 11 is 0. The molecule has 1 atom stereocenters. The minimum absolute atomic E-state index is 0.0559. The third-order valence-corrected chi connectivity index (χ3v) is 4.31. The topological polar surface area (TPSA) is 75.2 Å². The van der Waals surface area contributed by atoms with Crippen LogP contribution in [0.5, 0.6) is 0 Å². The number of nitrogens with zero attached hydrogens (tertiary/aromatic N) is 1. The largest absolute Gasteiger partial charge is 0.352 e. The third-order valence-electron chi connectivity index (χ3n) is 4.31. The molecule has 2 amide bonds. The summed E-state index contributed by atoms with van der Waals surface area (Å²) in [5.74, 6) is 0.0204. The number of piperidine rings is 1. The molecule has 3 N–H and O–H groups in total. The van der Waals surface area contributed by atoms with Crippen LogP contribution in [-0.2, 0) is 4.79 Å². The molecule has 6 heteroatoms. The zero-order valence-corrected chi connectivity index (χ0v) is 12.1. The van der Waals surface area contributed by atoms with Gasteiger partial charge in [-0.05, 0) is 44.5 Å². The van der Waals surface area contributed by atoms with Gasteiger partial charge in [0.25, 0.3) is 5.91 Å². The Labute approximate surface area is 124 Å². The van der Waals surface area contributed by atoms with E-state index < -0.39 is 0 Å². The smallest absolute Gasteiger partial charge is 0.267 e. The Hall–Kier alpha value is -1.82. The number of aromatic nitrogens is 1. The van der Waals surface area contributed by atoms with Crippen LogP contribution in [0.2, 0.25) is 0 Å². The molecule has 1 unspecified atom stereocenters. The molecule has 1 aromatic heterocycles. The second kappa shape index (κ2) is 6.30. The summed E-state index contributed by atoms with van der Waals surface area (Å²) < 4.78 is 2.09. The highest BCUT2D eigenvalue weighted by Crippen LogP contribution is 2.21. The first-order valence-corrected chi connectivity index (χ1v) is 7.69. The molecule has 0 spiro atoms. The lowest BCUT2D eigenvalue weighted by atomic mass is 10.1. The van der Waals surface area contributed by atoms with E-state index >= 15 is 0 Å². The van der Waals surface area contributed by atoms with Gasteiger partial charge in [0.05, 0.1) is 0 Å². The predicted octanol–water partition coefficient (Wildman–Crippen LogP) is 0.421. The van der Waals surface area contributed by atoms with E-state index in [9.17, 15) is 9.59 Å². The molecule has 2 aliphatic heterocycles. The van der Waals surface area contributed by atoms with Crippen LogP contribution >= 0.6 is 0 Å². The van der Waals surface area contributed by atoms with Crippen LogP contribution in [-0.4, -0.2) is 42.1 Å². The Bertz CT molecular complexity index is 519. The molecule has 21 heavy (non-hydrogen) atoms. The molecule has 0 aromatic carbocycles. The zero-order valence-electron chi connectivity index (χ0n) is 12.1. The van der Waals surface area contributed by atoms with Gasteiger partial charge in [0, 0.05) is 31.2 Å². The van der Waals surface area contributed by atoms with Crippen LogP contribution in [0.25, 0.3) is 0 Å². The molecular formula is C15H22N4O2. The maximum atomic E-state index is 12.3. The van der Waals surface area contributed by atoms with Crippen molar-refractivity contribution in [3.8, 4) is 0 Å². The van der Waals surface area contributed by atoms with Gasteiger partial charge in [0.15, 0.2) is 0 Å².